The van der Waals surface area contributed by atoms with Crippen molar-refractivity contribution in [3.63, 3.8) is 0 Å². The van der Waals surface area contributed by atoms with Crippen LogP contribution in [0, 0.1) is 5.92 Å². The number of hydrogen-bond donors (Lipinski definition) is 0. The molecule has 134 valence electrons. The number of halogens is 3. The summed E-state index contributed by atoms with van der Waals surface area (Å²) in [5.74, 6) is -0.315. The highest BCUT2D eigenvalue weighted by Crippen LogP contribution is 2.41. The first-order valence-corrected chi connectivity index (χ1v) is 8.84. The highest BCUT2D eigenvalue weighted by molar-refractivity contribution is 7.87. The van der Waals surface area contributed by atoms with Gasteiger partial charge in [-0.05, 0) is 18.4 Å². The van der Waals surface area contributed by atoms with Crippen LogP contribution in [0.4, 0.5) is 13.2 Å². The third kappa shape index (κ3) is 3.92. The largest absolute Gasteiger partial charge is 0.534 e. The fourth-order valence-corrected chi connectivity index (χ4v) is 3.19. The molecule has 8 heteroatoms. The van der Waals surface area contributed by atoms with Crippen LogP contribution >= 0.6 is 0 Å². The summed E-state index contributed by atoms with van der Waals surface area (Å²) in [6, 6.07) is 9.23. The van der Waals surface area contributed by atoms with Crippen LogP contribution in [0.25, 0.3) is 0 Å². The maximum absolute atomic E-state index is 12.5. The SMILES string of the molecule is CC(OS(=O)(=O)C(F)(F)F)=C1C[C@H](c2ccccc2)O[C@@H]1C(C)C. The Morgan fingerprint density at radius 1 is 1.25 bits per heavy atom. The van der Waals surface area contributed by atoms with E-state index in [0.717, 1.165) is 5.56 Å². The van der Waals surface area contributed by atoms with Crippen molar-refractivity contribution in [3.05, 3.63) is 47.2 Å². The predicted octanol–water partition coefficient (Wildman–Crippen LogP) is 4.31. The third-order valence-electron chi connectivity index (χ3n) is 3.81. The van der Waals surface area contributed by atoms with Gasteiger partial charge in [-0.3, -0.25) is 0 Å². The molecule has 1 heterocycles. The summed E-state index contributed by atoms with van der Waals surface area (Å²) in [6.45, 7) is 4.93. The number of hydrogen-bond acceptors (Lipinski definition) is 4. The molecule has 1 aliphatic rings. The molecule has 2 rings (SSSR count). The van der Waals surface area contributed by atoms with Gasteiger partial charge in [-0.1, -0.05) is 44.2 Å². The molecule has 2 atom stereocenters. The molecule has 0 bridgehead atoms. The van der Waals surface area contributed by atoms with Gasteiger partial charge >= 0.3 is 15.6 Å². The van der Waals surface area contributed by atoms with Crippen LogP contribution in [0.3, 0.4) is 0 Å². The Labute approximate surface area is 139 Å². The number of allylic oxidation sites excluding steroid dienone is 1. The molecular weight excluding hydrogens is 345 g/mol. The molecule has 0 N–H and O–H groups in total. The van der Waals surface area contributed by atoms with Crippen LogP contribution in [0.2, 0.25) is 0 Å². The fourth-order valence-electron chi connectivity index (χ4n) is 2.66. The summed E-state index contributed by atoms with van der Waals surface area (Å²) in [5, 5.41) is 0. The highest BCUT2D eigenvalue weighted by Gasteiger charge is 2.49. The molecule has 0 aromatic heterocycles. The smallest absolute Gasteiger partial charge is 0.381 e. The van der Waals surface area contributed by atoms with Crippen molar-refractivity contribution >= 4 is 10.1 Å². The maximum atomic E-state index is 12.5. The Kier molecular flexibility index (Phi) is 5.29. The normalized spacial score (nSPS) is 24.3. The average molecular weight is 364 g/mol. The second-order valence-corrected chi connectivity index (χ2v) is 7.51. The van der Waals surface area contributed by atoms with E-state index < -0.39 is 21.7 Å². The molecule has 4 nitrogen and oxygen atoms in total. The number of benzene rings is 1. The van der Waals surface area contributed by atoms with Crippen LogP contribution in [0.1, 0.15) is 38.9 Å². The van der Waals surface area contributed by atoms with Crippen molar-refractivity contribution in [1.29, 1.82) is 0 Å². The van der Waals surface area contributed by atoms with Gasteiger partial charge in [0.25, 0.3) is 0 Å². The van der Waals surface area contributed by atoms with Crippen LogP contribution in [-0.4, -0.2) is 20.0 Å². The predicted molar refractivity (Wildman–Crippen MR) is 82.3 cm³/mol. The first-order chi connectivity index (χ1) is 11.0. The molecule has 0 spiro atoms. The lowest BCUT2D eigenvalue weighted by Gasteiger charge is -2.19. The standard InChI is InChI=1S/C16H19F3O4S/c1-10(2)15-13(11(3)23-24(20,21)16(17,18)19)9-14(22-15)12-7-5-4-6-8-12/h4-8,10,14-15H,9H2,1-3H3/t14-,15-/m1/s1. The molecule has 1 fully saturated rings. The second kappa shape index (κ2) is 6.76. The van der Waals surface area contributed by atoms with Gasteiger partial charge in [0, 0.05) is 12.0 Å². The Bertz CT molecular complexity index is 709. The summed E-state index contributed by atoms with van der Waals surface area (Å²) in [5.41, 5.74) is -4.14. The molecular formula is C16H19F3O4S. The lowest BCUT2D eigenvalue weighted by molar-refractivity contribution is -0.0523. The van der Waals surface area contributed by atoms with Gasteiger partial charge in [0.2, 0.25) is 0 Å². The van der Waals surface area contributed by atoms with E-state index in [-0.39, 0.29) is 24.2 Å². The van der Waals surface area contributed by atoms with Crippen LogP contribution in [-0.2, 0) is 19.0 Å². The lowest BCUT2D eigenvalue weighted by Crippen LogP contribution is -2.26. The molecule has 0 saturated carbocycles. The van der Waals surface area contributed by atoms with Crippen LogP contribution in [0.5, 0.6) is 0 Å². The molecule has 0 radical (unpaired) electrons. The molecule has 1 aromatic rings. The molecule has 1 aromatic carbocycles. The number of ether oxygens (including phenoxy) is 1. The van der Waals surface area contributed by atoms with E-state index in [4.69, 9.17) is 4.74 Å². The van der Waals surface area contributed by atoms with Crippen molar-refractivity contribution < 1.29 is 30.5 Å². The topological polar surface area (TPSA) is 52.6 Å². The van der Waals surface area contributed by atoms with E-state index in [0.29, 0.717) is 5.57 Å². The van der Waals surface area contributed by atoms with Gasteiger partial charge in [0.1, 0.15) is 5.76 Å². The lowest BCUT2D eigenvalue weighted by atomic mass is 9.96. The Morgan fingerprint density at radius 2 is 1.83 bits per heavy atom. The van der Waals surface area contributed by atoms with Crippen LogP contribution < -0.4 is 0 Å². The van der Waals surface area contributed by atoms with Gasteiger partial charge in [-0.25, -0.2) is 0 Å². The fraction of sp³-hybridized carbons (Fsp3) is 0.500. The minimum atomic E-state index is -5.68. The number of alkyl halides is 3. The Hall–Kier alpha value is -1.54. The van der Waals surface area contributed by atoms with Gasteiger partial charge in [0.15, 0.2) is 0 Å². The van der Waals surface area contributed by atoms with Gasteiger partial charge < -0.3 is 8.92 Å². The maximum Gasteiger partial charge on any atom is 0.534 e. The van der Waals surface area contributed by atoms with Crippen molar-refractivity contribution in [3.8, 4) is 0 Å². The van der Waals surface area contributed by atoms with Gasteiger partial charge in [-0.2, -0.15) is 21.6 Å². The van der Waals surface area contributed by atoms with Crippen molar-refractivity contribution in [2.45, 2.75) is 44.9 Å². The molecule has 1 aliphatic heterocycles. The highest BCUT2D eigenvalue weighted by atomic mass is 32.2. The van der Waals surface area contributed by atoms with E-state index in [1.165, 1.54) is 6.92 Å². The summed E-state index contributed by atoms with van der Waals surface area (Å²) < 4.78 is 70.2. The quantitative estimate of drug-likeness (QED) is 0.454. The second-order valence-electron chi connectivity index (χ2n) is 5.97. The monoisotopic (exact) mass is 364 g/mol. The first kappa shape index (κ1) is 18.8. The van der Waals surface area contributed by atoms with E-state index in [2.05, 4.69) is 4.18 Å². The van der Waals surface area contributed by atoms with E-state index in [1.54, 1.807) is 0 Å². The number of rotatable bonds is 4. The molecule has 0 amide bonds. The zero-order valence-corrected chi connectivity index (χ0v) is 14.3. The summed E-state index contributed by atoms with van der Waals surface area (Å²) >= 11 is 0. The Morgan fingerprint density at radius 3 is 2.33 bits per heavy atom. The minimum absolute atomic E-state index is 0.0409. The van der Waals surface area contributed by atoms with Gasteiger partial charge in [0.05, 0.1) is 12.2 Å². The van der Waals surface area contributed by atoms with E-state index in [9.17, 15) is 21.6 Å². The molecule has 24 heavy (non-hydrogen) atoms. The first-order valence-electron chi connectivity index (χ1n) is 7.43. The third-order valence-corrected chi connectivity index (χ3v) is 4.84. The molecule has 0 unspecified atom stereocenters. The summed E-state index contributed by atoms with van der Waals surface area (Å²) in [7, 11) is -5.68. The van der Waals surface area contributed by atoms with Gasteiger partial charge in [-0.15, -0.1) is 0 Å². The summed E-state index contributed by atoms with van der Waals surface area (Å²) in [4.78, 5) is 0. The molecule has 1 saturated heterocycles. The van der Waals surface area contributed by atoms with Crippen molar-refractivity contribution in [1.82, 2.24) is 0 Å². The zero-order valence-electron chi connectivity index (χ0n) is 13.5. The summed E-state index contributed by atoms with van der Waals surface area (Å²) in [6.07, 6.45) is -0.564. The zero-order chi connectivity index (χ0) is 18.1. The van der Waals surface area contributed by atoms with Crippen molar-refractivity contribution in [2.75, 3.05) is 0 Å². The minimum Gasteiger partial charge on any atom is -0.381 e. The van der Waals surface area contributed by atoms with Crippen LogP contribution in [0.15, 0.2) is 41.7 Å². The van der Waals surface area contributed by atoms with E-state index >= 15 is 0 Å². The Balaban J connectivity index is 2.32. The average Bonchev–Trinajstić information content (AvgIpc) is 2.92. The molecule has 0 aliphatic carbocycles. The van der Waals surface area contributed by atoms with E-state index in [1.807, 2.05) is 44.2 Å². The van der Waals surface area contributed by atoms with Crippen molar-refractivity contribution in [2.24, 2.45) is 5.92 Å².